The fourth-order valence-corrected chi connectivity index (χ4v) is 5.65. The van der Waals surface area contributed by atoms with Crippen LogP contribution in [-0.2, 0) is 22.0 Å². The number of nitrogens with one attached hydrogen (secondary N) is 1. The van der Waals surface area contributed by atoms with Crippen LogP contribution in [0.5, 0.6) is 11.5 Å². The van der Waals surface area contributed by atoms with Gasteiger partial charge in [-0.1, -0.05) is 97.7 Å². The summed E-state index contributed by atoms with van der Waals surface area (Å²) in [4.78, 5) is 12.5. The Morgan fingerprint density at radius 2 is 1.62 bits per heavy atom. The molecule has 0 saturated carbocycles. The Balaban J connectivity index is 1.39. The third-order valence-electron chi connectivity index (χ3n) is 7.60. The van der Waals surface area contributed by atoms with Gasteiger partial charge in [-0.15, -0.1) is 0 Å². The molecule has 0 aliphatic rings. The van der Waals surface area contributed by atoms with Crippen molar-refractivity contribution in [3.63, 3.8) is 0 Å². The van der Waals surface area contributed by atoms with Crippen LogP contribution >= 0.6 is 23.2 Å². The summed E-state index contributed by atoms with van der Waals surface area (Å²) in [5.41, 5.74) is 5.08. The third-order valence-corrected chi connectivity index (χ3v) is 9.05. The van der Waals surface area contributed by atoms with E-state index < -0.39 is 21.8 Å². The number of hydrogen-bond acceptors (Lipinski definition) is 7. The van der Waals surface area contributed by atoms with Crippen LogP contribution in [0, 0.1) is 0 Å². The normalized spacial score (nSPS) is 12.5. The Labute approximate surface area is 284 Å². The average molecular weight is 693 g/mol. The monoisotopic (exact) mass is 691 g/mol. The molecule has 0 fully saturated rings. The first-order valence-electron chi connectivity index (χ1n) is 14.9. The molecule has 0 aliphatic heterocycles. The zero-order valence-electron chi connectivity index (χ0n) is 26.0. The van der Waals surface area contributed by atoms with E-state index in [0.717, 1.165) is 22.4 Å². The summed E-state index contributed by atoms with van der Waals surface area (Å²) in [5.74, 6) is 0.420. The number of benzene rings is 4. The Bertz CT molecular complexity index is 1970. The number of carbonyl (C=O) groups is 1. The van der Waals surface area contributed by atoms with Gasteiger partial charge in [0.05, 0.1) is 31.6 Å². The molecule has 5 rings (SSSR count). The Morgan fingerprint density at radius 1 is 0.915 bits per heavy atom. The average Bonchev–Trinajstić information content (AvgIpc) is 3.51. The van der Waals surface area contributed by atoms with E-state index in [4.69, 9.17) is 32.5 Å². The van der Waals surface area contributed by atoms with Crippen molar-refractivity contribution < 1.29 is 27.0 Å². The second kappa shape index (κ2) is 14.3. The van der Waals surface area contributed by atoms with E-state index >= 15 is 0 Å². The van der Waals surface area contributed by atoms with Crippen LogP contribution in [0.25, 0.3) is 11.3 Å². The maximum Gasteiger partial charge on any atom is 0.251 e. The van der Waals surface area contributed by atoms with Crippen molar-refractivity contribution in [2.45, 2.75) is 38.5 Å². The second-order valence-corrected chi connectivity index (χ2v) is 14.5. The standard InChI is InChI=1S/C36H34Cl2N2O6S/c1-36(2,3)27-13-11-24(12-14-27)30(19-23-7-9-25(10-8-23)35(41)39-17-18-47(42,43)44)33-22-34(46-40-33)26-5-4-6-28(20-26)45-29-15-16-31(37)32(38)21-29/h4-16,20-22,30H,17-19H2,1-3H3,(H,39,41)(H,42,43,44)/p-1. The molecule has 0 aliphatic carbocycles. The van der Waals surface area contributed by atoms with Gasteiger partial charge < -0.3 is 19.1 Å². The van der Waals surface area contributed by atoms with Crippen LogP contribution in [0.15, 0.2) is 102 Å². The third kappa shape index (κ3) is 9.23. The van der Waals surface area contributed by atoms with Crippen molar-refractivity contribution in [2.24, 2.45) is 0 Å². The number of ether oxygens (including phenoxy) is 1. The molecule has 0 bridgehead atoms. The van der Waals surface area contributed by atoms with Crippen molar-refractivity contribution in [3.05, 3.63) is 135 Å². The molecule has 1 aromatic heterocycles. The van der Waals surface area contributed by atoms with Gasteiger partial charge in [-0.05, 0) is 64.9 Å². The molecule has 1 amide bonds. The first kappa shape index (κ1) is 34.2. The van der Waals surface area contributed by atoms with Crippen molar-refractivity contribution >= 4 is 39.2 Å². The topological polar surface area (TPSA) is 122 Å². The lowest BCUT2D eigenvalue weighted by Crippen LogP contribution is -2.28. The molecule has 244 valence electrons. The lowest BCUT2D eigenvalue weighted by Gasteiger charge is -2.21. The summed E-state index contributed by atoms with van der Waals surface area (Å²) in [5, 5.41) is 7.79. The zero-order valence-corrected chi connectivity index (χ0v) is 28.3. The molecule has 5 aromatic rings. The Hall–Kier alpha value is -4.15. The second-order valence-electron chi connectivity index (χ2n) is 12.2. The fraction of sp³-hybridized carbons (Fsp3) is 0.222. The first-order valence-corrected chi connectivity index (χ1v) is 17.2. The van der Waals surface area contributed by atoms with Gasteiger partial charge in [0.25, 0.3) is 5.91 Å². The van der Waals surface area contributed by atoms with E-state index in [9.17, 15) is 17.8 Å². The number of aromatic nitrogens is 1. The fourth-order valence-electron chi connectivity index (χ4n) is 5.01. The van der Waals surface area contributed by atoms with Crippen LogP contribution < -0.4 is 10.1 Å². The quantitative estimate of drug-likeness (QED) is 0.138. The first-order chi connectivity index (χ1) is 22.2. The van der Waals surface area contributed by atoms with E-state index in [-0.39, 0.29) is 17.9 Å². The number of hydrogen-bond donors (Lipinski definition) is 1. The highest BCUT2D eigenvalue weighted by atomic mass is 35.5. The summed E-state index contributed by atoms with van der Waals surface area (Å²) >= 11 is 12.2. The lowest BCUT2D eigenvalue weighted by molar-refractivity contribution is 0.0956. The van der Waals surface area contributed by atoms with Crippen LogP contribution in [0.2, 0.25) is 10.0 Å². The van der Waals surface area contributed by atoms with E-state index in [1.165, 1.54) is 5.56 Å². The highest BCUT2D eigenvalue weighted by molar-refractivity contribution is 7.85. The SMILES string of the molecule is CC(C)(C)c1ccc(C(Cc2ccc(C(=O)NCCS(=O)(=O)[O-])cc2)c2cc(-c3cccc(Oc4ccc(Cl)c(Cl)c4)c3)on2)cc1. The molecular formula is C36H33Cl2N2O6S-. The summed E-state index contributed by atoms with van der Waals surface area (Å²) in [6.07, 6.45) is 0.567. The van der Waals surface area contributed by atoms with Gasteiger partial charge in [0, 0.05) is 35.7 Å². The predicted octanol–water partition coefficient (Wildman–Crippen LogP) is 8.39. The van der Waals surface area contributed by atoms with Gasteiger partial charge in [0.2, 0.25) is 0 Å². The lowest BCUT2D eigenvalue weighted by atomic mass is 9.83. The van der Waals surface area contributed by atoms with Crippen molar-refractivity contribution in [2.75, 3.05) is 12.3 Å². The number of nitrogens with zero attached hydrogens (tertiary/aromatic N) is 1. The van der Waals surface area contributed by atoms with Crippen LogP contribution in [0.1, 0.15) is 59.4 Å². The molecule has 1 atom stereocenters. The summed E-state index contributed by atoms with van der Waals surface area (Å²) in [7, 11) is -4.41. The number of amides is 1. The van der Waals surface area contributed by atoms with Crippen LogP contribution in [-0.4, -0.2) is 36.3 Å². The maximum atomic E-state index is 12.5. The Kier molecular flexibility index (Phi) is 10.4. The minimum atomic E-state index is -4.41. The minimum Gasteiger partial charge on any atom is -0.748 e. The molecule has 47 heavy (non-hydrogen) atoms. The van der Waals surface area contributed by atoms with Gasteiger partial charge in [-0.3, -0.25) is 4.79 Å². The molecular weight excluding hydrogens is 659 g/mol. The maximum absolute atomic E-state index is 12.5. The highest BCUT2D eigenvalue weighted by Gasteiger charge is 2.22. The van der Waals surface area contributed by atoms with E-state index in [2.05, 4.69) is 55.5 Å². The number of halogens is 2. The Morgan fingerprint density at radius 3 is 2.28 bits per heavy atom. The zero-order chi connectivity index (χ0) is 33.8. The molecule has 11 heteroatoms. The minimum absolute atomic E-state index is 0.00615. The number of rotatable bonds is 11. The van der Waals surface area contributed by atoms with Crippen molar-refractivity contribution in [1.29, 1.82) is 0 Å². The molecule has 1 heterocycles. The predicted molar refractivity (Wildman–Crippen MR) is 183 cm³/mol. The van der Waals surface area contributed by atoms with E-state index in [1.54, 1.807) is 30.3 Å². The number of carbonyl (C=O) groups excluding carboxylic acids is 1. The van der Waals surface area contributed by atoms with Crippen LogP contribution in [0.4, 0.5) is 0 Å². The van der Waals surface area contributed by atoms with Crippen LogP contribution in [0.3, 0.4) is 0 Å². The molecule has 0 spiro atoms. The summed E-state index contributed by atoms with van der Waals surface area (Å²) in [6.45, 7) is 6.25. The van der Waals surface area contributed by atoms with E-state index in [0.29, 0.717) is 39.3 Å². The summed E-state index contributed by atoms with van der Waals surface area (Å²) in [6, 6.07) is 30.0. The largest absolute Gasteiger partial charge is 0.748 e. The molecule has 1 unspecified atom stereocenters. The smallest absolute Gasteiger partial charge is 0.251 e. The highest BCUT2D eigenvalue weighted by Crippen LogP contribution is 2.35. The molecule has 0 saturated heterocycles. The molecule has 8 nitrogen and oxygen atoms in total. The van der Waals surface area contributed by atoms with Gasteiger partial charge in [0.1, 0.15) is 11.5 Å². The van der Waals surface area contributed by atoms with Gasteiger partial charge >= 0.3 is 0 Å². The van der Waals surface area contributed by atoms with Gasteiger partial charge in [0.15, 0.2) is 5.76 Å². The molecule has 4 aromatic carbocycles. The molecule has 0 radical (unpaired) electrons. The van der Waals surface area contributed by atoms with E-state index in [1.807, 2.05) is 42.5 Å². The van der Waals surface area contributed by atoms with Crippen molar-refractivity contribution in [1.82, 2.24) is 10.5 Å². The molecule has 1 N–H and O–H groups in total. The van der Waals surface area contributed by atoms with Gasteiger partial charge in [-0.2, -0.15) is 0 Å². The summed E-state index contributed by atoms with van der Waals surface area (Å²) < 4.78 is 44.4. The van der Waals surface area contributed by atoms with Crippen molar-refractivity contribution in [3.8, 4) is 22.8 Å². The van der Waals surface area contributed by atoms with Gasteiger partial charge in [-0.25, -0.2) is 8.42 Å².